The lowest BCUT2D eigenvalue weighted by Gasteiger charge is -2.28. The largest absolute Gasteiger partial charge is 0.496 e. The van der Waals surface area contributed by atoms with Crippen molar-refractivity contribution < 1.29 is 14.3 Å². The molecule has 1 saturated heterocycles. The molecule has 2 N–H and O–H groups in total. The number of carbonyl (C=O) groups excluding carboxylic acids is 2. The van der Waals surface area contributed by atoms with Crippen molar-refractivity contribution in [1.82, 2.24) is 4.90 Å². The molecule has 19 heavy (non-hydrogen) atoms. The highest BCUT2D eigenvalue weighted by Crippen LogP contribution is 2.21. The summed E-state index contributed by atoms with van der Waals surface area (Å²) in [6, 6.07) is 5.05. The first-order chi connectivity index (χ1) is 9.02. The fraction of sp³-hybridized carbons (Fsp3) is 0.429. The van der Waals surface area contributed by atoms with E-state index in [0.717, 1.165) is 16.9 Å². The summed E-state index contributed by atoms with van der Waals surface area (Å²) in [7, 11) is 1.61. The molecule has 1 aliphatic rings. The third kappa shape index (κ3) is 2.76. The number of hydrogen-bond acceptors (Lipinski definition) is 4. The Balaban J connectivity index is 2.17. The monoisotopic (exact) mass is 262 g/mol. The highest BCUT2D eigenvalue weighted by atomic mass is 16.5. The van der Waals surface area contributed by atoms with Gasteiger partial charge in [-0.3, -0.25) is 14.5 Å². The van der Waals surface area contributed by atoms with Crippen LogP contribution in [0.3, 0.4) is 0 Å². The molecule has 0 aromatic heterocycles. The minimum Gasteiger partial charge on any atom is -0.496 e. The SMILES string of the molecule is COc1ccc(CN2C(=O)CCC(N)C2=O)cc1C. The molecule has 0 spiro atoms. The Labute approximate surface area is 112 Å². The maximum Gasteiger partial charge on any atom is 0.246 e. The van der Waals surface area contributed by atoms with Gasteiger partial charge in [-0.15, -0.1) is 0 Å². The molecule has 5 heteroatoms. The van der Waals surface area contributed by atoms with Crippen LogP contribution >= 0.6 is 0 Å². The fourth-order valence-electron chi connectivity index (χ4n) is 2.25. The predicted octanol–water partition coefficient (Wildman–Crippen LogP) is 0.980. The first kappa shape index (κ1) is 13.5. The Kier molecular flexibility index (Phi) is 3.85. The third-order valence-corrected chi connectivity index (χ3v) is 3.35. The van der Waals surface area contributed by atoms with Crippen LogP contribution in [0.1, 0.15) is 24.0 Å². The first-order valence-corrected chi connectivity index (χ1v) is 6.26. The van der Waals surface area contributed by atoms with Crippen molar-refractivity contribution in [3.63, 3.8) is 0 Å². The van der Waals surface area contributed by atoms with E-state index < -0.39 is 6.04 Å². The maximum absolute atomic E-state index is 11.9. The summed E-state index contributed by atoms with van der Waals surface area (Å²) < 4.78 is 5.18. The number of nitrogens with zero attached hydrogens (tertiary/aromatic N) is 1. The van der Waals surface area contributed by atoms with Crippen LogP contribution in [-0.2, 0) is 16.1 Å². The molecule has 0 radical (unpaired) electrons. The number of ether oxygens (including phenoxy) is 1. The van der Waals surface area contributed by atoms with Crippen LogP contribution in [0.4, 0.5) is 0 Å². The molecule has 1 aromatic rings. The summed E-state index contributed by atoms with van der Waals surface area (Å²) in [5.74, 6) is 0.349. The highest BCUT2D eigenvalue weighted by Gasteiger charge is 2.31. The second-order valence-corrected chi connectivity index (χ2v) is 4.77. The van der Waals surface area contributed by atoms with Crippen molar-refractivity contribution in [2.45, 2.75) is 32.4 Å². The van der Waals surface area contributed by atoms with E-state index in [0.29, 0.717) is 12.8 Å². The van der Waals surface area contributed by atoms with E-state index in [1.54, 1.807) is 7.11 Å². The van der Waals surface area contributed by atoms with Gasteiger partial charge in [0.05, 0.1) is 19.7 Å². The molecule has 0 saturated carbocycles. The van der Waals surface area contributed by atoms with Crippen molar-refractivity contribution in [3.05, 3.63) is 29.3 Å². The molecular weight excluding hydrogens is 244 g/mol. The van der Waals surface area contributed by atoms with Crippen molar-refractivity contribution in [3.8, 4) is 5.75 Å². The zero-order chi connectivity index (χ0) is 14.0. The number of hydrogen-bond donors (Lipinski definition) is 1. The molecule has 1 atom stereocenters. The van der Waals surface area contributed by atoms with Crippen LogP contribution in [0.5, 0.6) is 5.75 Å². The van der Waals surface area contributed by atoms with Crippen LogP contribution in [-0.4, -0.2) is 29.9 Å². The van der Waals surface area contributed by atoms with Gasteiger partial charge in [0.25, 0.3) is 0 Å². The number of amides is 2. The minimum atomic E-state index is -0.558. The van der Waals surface area contributed by atoms with E-state index >= 15 is 0 Å². The number of piperidine rings is 1. The van der Waals surface area contributed by atoms with Gasteiger partial charge in [-0.25, -0.2) is 0 Å². The van der Waals surface area contributed by atoms with Crippen molar-refractivity contribution in [2.75, 3.05) is 7.11 Å². The normalized spacial score (nSPS) is 19.7. The van der Waals surface area contributed by atoms with Crippen LogP contribution in [0.15, 0.2) is 18.2 Å². The highest BCUT2D eigenvalue weighted by molar-refractivity contribution is 6.00. The van der Waals surface area contributed by atoms with Crippen LogP contribution in [0, 0.1) is 6.92 Å². The van der Waals surface area contributed by atoms with E-state index in [4.69, 9.17) is 10.5 Å². The lowest BCUT2D eigenvalue weighted by atomic mass is 10.0. The Hall–Kier alpha value is -1.88. The molecular formula is C14H18N2O3. The summed E-state index contributed by atoms with van der Waals surface area (Å²) in [5.41, 5.74) is 7.57. The first-order valence-electron chi connectivity index (χ1n) is 6.26. The zero-order valence-electron chi connectivity index (χ0n) is 11.2. The Morgan fingerprint density at radius 3 is 2.79 bits per heavy atom. The molecule has 0 bridgehead atoms. The molecule has 1 heterocycles. The maximum atomic E-state index is 11.9. The molecule has 0 aliphatic carbocycles. The molecule has 2 rings (SSSR count). The summed E-state index contributed by atoms with van der Waals surface area (Å²) >= 11 is 0. The summed E-state index contributed by atoms with van der Waals surface area (Å²) in [6.07, 6.45) is 0.776. The van der Waals surface area contributed by atoms with Gasteiger partial charge in [-0.05, 0) is 30.5 Å². The van der Waals surface area contributed by atoms with E-state index in [-0.39, 0.29) is 18.4 Å². The summed E-state index contributed by atoms with van der Waals surface area (Å²) in [4.78, 5) is 24.9. The average molecular weight is 262 g/mol. The van der Waals surface area contributed by atoms with Gasteiger partial charge < -0.3 is 10.5 Å². The second kappa shape index (κ2) is 5.40. The smallest absolute Gasteiger partial charge is 0.246 e. The Bertz CT molecular complexity index is 513. The number of carbonyl (C=O) groups is 2. The van der Waals surface area contributed by atoms with Crippen molar-refractivity contribution in [2.24, 2.45) is 5.73 Å². The predicted molar refractivity (Wildman–Crippen MR) is 70.5 cm³/mol. The van der Waals surface area contributed by atoms with E-state index in [9.17, 15) is 9.59 Å². The van der Waals surface area contributed by atoms with E-state index in [2.05, 4.69) is 0 Å². The molecule has 1 fully saturated rings. The lowest BCUT2D eigenvalue weighted by molar-refractivity contribution is -0.149. The fourth-order valence-corrected chi connectivity index (χ4v) is 2.25. The molecule has 2 amide bonds. The number of benzene rings is 1. The number of likely N-dealkylation sites (tertiary alicyclic amines) is 1. The van der Waals surface area contributed by atoms with E-state index in [1.165, 1.54) is 4.90 Å². The number of aryl methyl sites for hydroxylation is 1. The topological polar surface area (TPSA) is 72.6 Å². The lowest BCUT2D eigenvalue weighted by Crippen LogP contribution is -2.50. The molecule has 102 valence electrons. The minimum absolute atomic E-state index is 0.153. The standard InChI is InChI=1S/C14H18N2O3/c1-9-7-10(3-5-12(9)19-2)8-16-13(17)6-4-11(15)14(16)18/h3,5,7,11H,4,6,8,15H2,1-2H3. The van der Waals surface area contributed by atoms with Gasteiger partial charge in [-0.2, -0.15) is 0 Å². The van der Waals surface area contributed by atoms with Gasteiger partial charge in [0.1, 0.15) is 5.75 Å². The average Bonchev–Trinajstić information content (AvgIpc) is 2.39. The third-order valence-electron chi connectivity index (χ3n) is 3.35. The Morgan fingerprint density at radius 1 is 1.42 bits per heavy atom. The number of nitrogens with two attached hydrogens (primary N) is 1. The molecule has 1 aromatic carbocycles. The van der Waals surface area contributed by atoms with Gasteiger partial charge >= 0.3 is 0 Å². The van der Waals surface area contributed by atoms with Crippen LogP contribution in [0.25, 0.3) is 0 Å². The second-order valence-electron chi connectivity index (χ2n) is 4.77. The van der Waals surface area contributed by atoms with Crippen molar-refractivity contribution in [1.29, 1.82) is 0 Å². The van der Waals surface area contributed by atoms with Crippen LogP contribution in [0.2, 0.25) is 0 Å². The number of methoxy groups -OCH3 is 1. The zero-order valence-corrected chi connectivity index (χ0v) is 11.2. The van der Waals surface area contributed by atoms with Crippen LogP contribution < -0.4 is 10.5 Å². The molecule has 5 nitrogen and oxygen atoms in total. The van der Waals surface area contributed by atoms with Crippen molar-refractivity contribution >= 4 is 11.8 Å². The van der Waals surface area contributed by atoms with Gasteiger partial charge in [-0.1, -0.05) is 12.1 Å². The van der Waals surface area contributed by atoms with E-state index in [1.807, 2.05) is 25.1 Å². The molecule has 1 unspecified atom stereocenters. The summed E-state index contributed by atoms with van der Waals surface area (Å²) in [6.45, 7) is 2.20. The number of rotatable bonds is 3. The molecule has 1 aliphatic heterocycles. The van der Waals surface area contributed by atoms with Gasteiger partial charge in [0.15, 0.2) is 0 Å². The summed E-state index contributed by atoms with van der Waals surface area (Å²) in [5, 5.41) is 0. The number of imide groups is 1. The Morgan fingerprint density at radius 2 is 2.16 bits per heavy atom. The quantitative estimate of drug-likeness (QED) is 0.824. The van der Waals surface area contributed by atoms with Gasteiger partial charge in [0.2, 0.25) is 11.8 Å². The van der Waals surface area contributed by atoms with Gasteiger partial charge in [0, 0.05) is 6.42 Å².